The van der Waals surface area contributed by atoms with E-state index in [0.717, 1.165) is 31.6 Å². The van der Waals surface area contributed by atoms with Crippen LogP contribution in [0.1, 0.15) is 31.9 Å². The van der Waals surface area contributed by atoms with Crippen molar-refractivity contribution in [2.75, 3.05) is 32.1 Å². The molecule has 0 spiro atoms. The van der Waals surface area contributed by atoms with Crippen LogP contribution in [0.15, 0.2) is 24.4 Å². The maximum Gasteiger partial charge on any atom is 0.213 e. The summed E-state index contributed by atoms with van der Waals surface area (Å²) >= 11 is 0. The number of sulfonamides is 1. The minimum absolute atomic E-state index is 0.0817. The molecule has 1 aromatic rings. The van der Waals surface area contributed by atoms with Gasteiger partial charge < -0.3 is 9.47 Å². The van der Waals surface area contributed by atoms with E-state index in [1.165, 1.54) is 0 Å². The Hall–Kier alpha value is -1.02. The fourth-order valence-electron chi connectivity index (χ4n) is 3.72. The van der Waals surface area contributed by atoms with Crippen LogP contribution in [0.4, 0.5) is 0 Å². The number of rotatable bonds is 6. The zero-order valence-electron chi connectivity index (χ0n) is 14.2. The molecule has 0 aromatic carbocycles. The Bertz CT molecular complexity index is 637. The number of fused-ring (bicyclic) bond motifs is 1. The van der Waals surface area contributed by atoms with E-state index in [9.17, 15) is 8.42 Å². The lowest BCUT2D eigenvalue weighted by atomic mass is 9.73. The van der Waals surface area contributed by atoms with E-state index in [4.69, 9.17) is 9.47 Å². The Labute approximate surface area is 144 Å². The van der Waals surface area contributed by atoms with E-state index in [1.54, 1.807) is 17.4 Å². The second-order valence-corrected chi connectivity index (χ2v) is 8.92. The molecule has 24 heavy (non-hydrogen) atoms. The highest BCUT2D eigenvalue weighted by atomic mass is 32.2. The molecule has 0 amide bonds. The van der Waals surface area contributed by atoms with Crippen molar-refractivity contribution in [1.29, 1.82) is 0 Å². The van der Waals surface area contributed by atoms with Crippen molar-refractivity contribution in [1.82, 2.24) is 9.29 Å². The number of nitrogens with zero attached hydrogens (tertiary/aromatic N) is 2. The predicted molar refractivity (Wildman–Crippen MR) is 91.0 cm³/mol. The topological polar surface area (TPSA) is 68.7 Å². The first-order chi connectivity index (χ1) is 11.6. The molecule has 0 bridgehead atoms. The van der Waals surface area contributed by atoms with Crippen molar-refractivity contribution in [2.45, 2.75) is 38.9 Å². The van der Waals surface area contributed by atoms with Gasteiger partial charge >= 0.3 is 0 Å². The van der Waals surface area contributed by atoms with Gasteiger partial charge in [0.2, 0.25) is 10.0 Å². The summed E-state index contributed by atoms with van der Waals surface area (Å²) in [4.78, 5) is 4.27. The van der Waals surface area contributed by atoms with Crippen LogP contribution in [0.3, 0.4) is 0 Å². The fraction of sp³-hybridized carbons (Fsp3) is 0.706. The van der Waals surface area contributed by atoms with Gasteiger partial charge in [0.1, 0.15) is 0 Å². The van der Waals surface area contributed by atoms with E-state index in [1.807, 2.05) is 18.2 Å². The van der Waals surface area contributed by atoms with Crippen molar-refractivity contribution >= 4 is 10.0 Å². The molecule has 7 heteroatoms. The van der Waals surface area contributed by atoms with Crippen molar-refractivity contribution in [2.24, 2.45) is 5.41 Å². The Morgan fingerprint density at radius 3 is 3.08 bits per heavy atom. The number of piperidine rings is 1. The third-order valence-corrected chi connectivity index (χ3v) is 6.90. The first-order valence-electron chi connectivity index (χ1n) is 8.63. The van der Waals surface area contributed by atoms with Crippen LogP contribution in [0.2, 0.25) is 0 Å². The van der Waals surface area contributed by atoms with E-state index >= 15 is 0 Å². The van der Waals surface area contributed by atoms with Gasteiger partial charge in [-0.15, -0.1) is 0 Å². The van der Waals surface area contributed by atoms with Crippen molar-refractivity contribution in [3.05, 3.63) is 30.1 Å². The lowest BCUT2D eigenvalue weighted by molar-refractivity contribution is -0.144. The number of ether oxygens (including phenoxy) is 2. The SMILES string of the molecule is CCS(=O)(=O)N1CC[C@@H]2OCCC[C@]2(COCc2ccccn2)C1. The van der Waals surface area contributed by atoms with Gasteiger partial charge in [-0.25, -0.2) is 12.7 Å². The summed E-state index contributed by atoms with van der Waals surface area (Å²) in [7, 11) is -3.18. The molecule has 2 saturated heterocycles. The van der Waals surface area contributed by atoms with Crippen LogP contribution in [-0.2, 0) is 26.1 Å². The van der Waals surface area contributed by atoms with Gasteiger partial charge in [0.05, 0.1) is 30.8 Å². The van der Waals surface area contributed by atoms with Gasteiger partial charge in [0, 0.05) is 31.3 Å². The van der Waals surface area contributed by atoms with Crippen LogP contribution in [-0.4, -0.2) is 55.9 Å². The smallest absolute Gasteiger partial charge is 0.213 e. The molecule has 2 fully saturated rings. The highest BCUT2D eigenvalue weighted by molar-refractivity contribution is 7.89. The first kappa shape index (κ1) is 17.8. The minimum Gasteiger partial charge on any atom is -0.377 e. The third-order valence-electron chi connectivity index (χ3n) is 5.08. The molecule has 0 radical (unpaired) electrons. The molecule has 0 aliphatic carbocycles. The quantitative estimate of drug-likeness (QED) is 0.779. The molecule has 2 atom stereocenters. The summed E-state index contributed by atoms with van der Waals surface area (Å²) in [6.07, 6.45) is 4.46. The van der Waals surface area contributed by atoms with E-state index in [0.29, 0.717) is 26.3 Å². The Kier molecular flexibility index (Phi) is 5.54. The normalized spacial score (nSPS) is 28.5. The van der Waals surface area contributed by atoms with Crippen molar-refractivity contribution in [3.63, 3.8) is 0 Å². The molecule has 2 aliphatic heterocycles. The largest absolute Gasteiger partial charge is 0.377 e. The summed E-state index contributed by atoms with van der Waals surface area (Å²) in [6, 6.07) is 5.75. The van der Waals surface area contributed by atoms with Gasteiger partial charge in [-0.2, -0.15) is 0 Å². The van der Waals surface area contributed by atoms with Gasteiger partial charge in [0.25, 0.3) is 0 Å². The maximum absolute atomic E-state index is 12.3. The average molecular weight is 354 g/mol. The average Bonchev–Trinajstić information content (AvgIpc) is 2.62. The van der Waals surface area contributed by atoms with Gasteiger partial charge in [-0.1, -0.05) is 6.07 Å². The highest BCUT2D eigenvalue weighted by Gasteiger charge is 2.48. The Morgan fingerprint density at radius 1 is 1.46 bits per heavy atom. The molecule has 6 nitrogen and oxygen atoms in total. The van der Waals surface area contributed by atoms with Crippen LogP contribution >= 0.6 is 0 Å². The number of aromatic nitrogens is 1. The molecule has 134 valence electrons. The van der Waals surface area contributed by atoms with Crippen LogP contribution in [0.5, 0.6) is 0 Å². The second kappa shape index (κ2) is 7.47. The molecule has 3 rings (SSSR count). The summed E-state index contributed by atoms with van der Waals surface area (Å²) in [6.45, 7) is 4.44. The van der Waals surface area contributed by atoms with Crippen molar-refractivity contribution in [3.8, 4) is 0 Å². The molecular weight excluding hydrogens is 328 g/mol. The van der Waals surface area contributed by atoms with Crippen LogP contribution in [0.25, 0.3) is 0 Å². The second-order valence-electron chi connectivity index (χ2n) is 6.66. The standard InChI is InChI=1S/C17H26N2O4S/c1-2-24(20,21)19-10-7-16-17(13-19,8-5-11-23-16)14-22-12-15-6-3-4-9-18-15/h3-4,6,9,16H,2,5,7-8,10-14H2,1H3/t16-,17+/m0/s1. The maximum atomic E-state index is 12.3. The van der Waals surface area contributed by atoms with Gasteiger partial charge in [0.15, 0.2) is 0 Å². The predicted octanol–water partition coefficient (Wildman–Crippen LogP) is 1.82. The first-order valence-corrected chi connectivity index (χ1v) is 10.2. The van der Waals surface area contributed by atoms with E-state index in [2.05, 4.69) is 4.98 Å². The molecule has 0 N–H and O–H groups in total. The van der Waals surface area contributed by atoms with Crippen LogP contribution in [0, 0.1) is 5.41 Å². The van der Waals surface area contributed by atoms with Gasteiger partial charge in [-0.3, -0.25) is 4.98 Å². The zero-order chi connectivity index (χ0) is 17.0. The molecule has 0 unspecified atom stereocenters. The molecule has 2 aliphatic rings. The number of hydrogen-bond acceptors (Lipinski definition) is 5. The molecular formula is C17H26N2O4S. The van der Waals surface area contributed by atoms with Crippen molar-refractivity contribution < 1.29 is 17.9 Å². The molecule has 0 saturated carbocycles. The molecule has 1 aromatic heterocycles. The van der Waals surface area contributed by atoms with Crippen LogP contribution < -0.4 is 0 Å². The Balaban J connectivity index is 1.69. The number of pyridine rings is 1. The summed E-state index contributed by atoms with van der Waals surface area (Å²) in [5.41, 5.74) is 0.643. The number of hydrogen-bond donors (Lipinski definition) is 0. The van der Waals surface area contributed by atoms with Gasteiger partial charge in [-0.05, 0) is 38.3 Å². The highest BCUT2D eigenvalue weighted by Crippen LogP contribution is 2.41. The third kappa shape index (κ3) is 3.79. The fourth-order valence-corrected chi connectivity index (χ4v) is 4.93. The lowest BCUT2D eigenvalue weighted by Gasteiger charge is -2.49. The lowest BCUT2D eigenvalue weighted by Crippen LogP contribution is -2.58. The summed E-state index contributed by atoms with van der Waals surface area (Å²) < 4.78 is 38.1. The minimum atomic E-state index is -3.18. The van der Waals surface area contributed by atoms with E-state index < -0.39 is 10.0 Å². The molecule has 3 heterocycles. The Morgan fingerprint density at radius 2 is 2.33 bits per heavy atom. The monoisotopic (exact) mass is 354 g/mol. The summed E-state index contributed by atoms with van der Waals surface area (Å²) in [5, 5.41) is 0. The zero-order valence-corrected chi connectivity index (χ0v) is 15.0. The van der Waals surface area contributed by atoms with E-state index in [-0.39, 0.29) is 17.3 Å². The summed E-state index contributed by atoms with van der Waals surface area (Å²) in [5.74, 6) is 0.142.